The summed E-state index contributed by atoms with van der Waals surface area (Å²) in [5.74, 6) is 0.856. The Morgan fingerprint density at radius 1 is 1.06 bits per heavy atom. The molecule has 1 aliphatic rings. The zero-order valence-corrected chi connectivity index (χ0v) is 21.4. The number of fused-ring (bicyclic) bond motifs is 1. The normalized spacial score (nSPS) is 16.2. The summed E-state index contributed by atoms with van der Waals surface area (Å²) in [4.78, 5) is 23.3. The molecule has 0 bridgehead atoms. The highest BCUT2D eigenvalue weighted by atomic mass is 16.2. The molecule has 1 N–H and O–H groups in total. The minimum atomic E-state index is -0.139. The van der Waals surface area contributed by atoms with Gasteiger partial charge in [-0.2, -0.15) is 5.10 Å². The average molecular weight is 442 g/mol. The van der Waals surface area contributed by atoms with Crippen LogP contribution < -0.4 is 5.32 Å². The SMILES string of the molecule is CC(=O)C(C)(C)C.CC(NC(=O)c1nn(CC2CCCCC2)c2ccccc12)C(C)(C)C. The van der Waals surface area contributed by atoms with E-state index in [1.165, 1.54) is 32.1 Å². The summed E-state index contributed by atoms with van der Waals surface area (Å²) in [7, 11) is 0. The Kier molecular flexibility index (Phi) is 8.67. The van der Waals surface area contributed by atoms with Crippen LogP contribution in [0.3, 0.4) is 0 Å². The van der Waals surface area contributed by atoms with Crippen molar-refractivity contribution in [1.29, 1.82) is 0 Å². The largest absolute Gasteiger partial charge is 0.348 e. The lowest BCUT2D eigenvalue weighted by Crippen LogP contribution is -2.41. The van der Waals surface area contributed by atoms with E-state index in [1.54, 1.807) is 6.92 Å². The third-order valence-corrected chi connectivity index (χ3v) is 6.73. The second-order valence-electron chi connectivity index (χ2n) is 11.4. The van der Waals surface area contributed by atoms with Gasteiger partial charge in [0.05, 0.1) is 5.52 Å². The number of aromatic nitrogens is 2. The first-order valence-electron chi connectivity index (χ1n) is 12.1. The molecule has 1 unspecified atom stereocenters. The minimum Gasteiger partial charge on any atom is -0.348 e. The van der Waals surface area contributed by atoms with Crippen LogP contribution in [-0.4, -0.2) is 27.5 Å². The molecule has 1 amide bonds. The molecule has 1 aliphatic carbocycles. The van der Waals surface area contributed by atoms with E-state index in [0.717, 1.165) is 17.4 Å². The number of ketones is 1. The molecule has 3 rings (SSSR count). The van der Waals surface area contributed by atoms with Gasteiger partial charge in [0.25, 0.3) is 5.91 Å². The lowest BCUT2D eigenvalue weighted by Gasteiger charge is -2.27. The monoisotopic (exact) mass is 441 g/mol. The molecule has 1 saturated carbocycles. The Morgan fingerprint density at radius 3 is 2.16 bits per heavy atom. The Bertz CT molecular complexity index is 909. The zero-order chi connectivity index (χ0) is 24.1. The van der Waals surface area contributed by atoms with Crippen LogP contribution in [0.5, 0.6) is 0 Å². The van der Waals surface area contributed by atoms with Crippen molar-refractivity contribution >= 4 is 22.6 Å². The van der Waals surface area contributed by atoms with Crippen molar-refractivity contribution in [3.05, 3.63) is 30.0 Å². The molecule has 5 nitrogen and oxygen atoms in total. The molecule has 178 valence electrons. The summed E-state index contributed by atoms with van der Waals surface area (Å²) in [6, 6.07) is 8.19. The van der Waals surface area contributed by atoms with Gasteiger partial charge < -0.3 is 5.32 Å². The van der Waals surface area contributed by atoms with Crippen molar-refractivity contribution in [3.63, 3.8) is 0 Å². The molecule has 0 spiro atoms. The fourth-order valence-electron chi connectivity index (χ4n) is 3.53. The quantitative estimate of drug-likeness (QED) is 0.597. The van der Waals surface area contributed by atoms with Crippen LogP contribution in [0.2, 0.25) is 0 Å². The van der Waals surface area contributed by atoms with Crippen molar-refractivity contribution in [1.82, 2.24) is 15.1 Å². The maximum Gasteiger partial charge on any atom is 0.272 e. The standard InChI is InChI=1S/C21H31N3O.C6H12O/c1-15(21(2,3)4)22-20(25)19-17-12-8-9-13-18(17)24(23-19)14-16-10-6-5-7-11-16;1-5(7)6(2,3)4/h8-9,12-13,15-16H,5-7,10-11,14H2,1-4H3,(H,22,25);1-4H3. The first kappa shape index (κ1) is 26.1. The number of carbonyl (C=O) groups excluding carboxylic acids is 2. The van der Waals surface area contributed by atoms with Crippen molar-refractivity contribution < 1.29 is 9.59 Å². The van der Waals surface area contributed by atoms with E-state index in [9.17, 15) is 9.59 Å². The van der Waals surface area contributed by atoms with Gasteiger partial charge in [-0.3, -0.25) is 14.3 Å². The highest BCUT2D eigenvalue weighted by molar-refractivity contribution is 6.05. The van der Waals surface area contributed by atoms with E-state index in [2.05, 4.69) is 43.8 Å². The number of hydrogen-bond donors (Lipinski definition) is 1. The molecule has 1 aromatic carbocycles. The van der Waals surface area contributed by atoms with Crippen LogP contribution >= 0.6 is 0 Å². The number of hydrogen-bond acceptors (Lipinski definition) is 3. The fourth-order valence-corrected chi connectivity index (χ4v) is 3.53. The molecule has 1 atom stereocenters. The summed E-state index contributed by atoms with van der Waals surface area (Å²) in [5, 5.41) is 8.81. The van der Waals surface area contributed by atoms with Crippen LogP contribution in [-0.2, 0) is 11.3 Å². The first-order valence-corrected chi connectivity index (χ1v) is 12.1. The predicted octanol–water partition coefficient (Wildman–Crippen LogP) is 6.40. The zero-order valence-electron chi connectivity index (χ0n) is 21.4. The molecular weight excluding hydrogens is 398 g/mol. The average Bonchev–Trinajstić information content (AvgIpc) is 3.06. The number of para-hydroxylation sites is 1. The number of nitrogens with one attached hydrogen (secondary N) is 1. The third kappa shape index (κ3) is 7.18. The number of rotatable bonds is 4. The first-order chi connectivity index (χ1) is 14.8. The topological polar surface area (TPSA) is 64.0 Å². The van der Waals surface area contributed by atoms with Crippen LogP contribution in [0.4, 0.5) is 0 Å². The van der Waals surface area contributed by atoms with Gasteiger partial charge in [-0.1, -0.05) is 79.0 Å². The van der Waals surface area contributed by atoms with Crippen LogP contribution in [0.1, 0.15) is 98.0 Å². The highest BCUT2D eigenvalue weighted by Crippen LogP contribution is 2.27. The summed E-state index contributed by atoms with van der Waals surface area (Å²) >= 11 is 0. The van der Waals surface area contributed by atoms with E-state index in [1.807, 2.05) is 39.0 Å². The summed E-state index contributed by atoms with van der Waals surface area (Å²) < 4.78 is 2.06. The Labute approximate surface area is 194 Å². The highest BCUT2D eigenvalue weighted by Gasteiger charge is 2.25. The van der Waals surface area contributed by atoms with Crippen molar-refractivity contribution in [2.24, 2.45) is 16.7 Å². The lowest BCUT2D eigenvalue weighted by atomic mass is 9.88. The molecule has 1 heterocycles. The smallest absolute Gasteiger partial charge is 0.272 e. The van der Waals surface area contributed by atoms with Gasteiger partial charge in [-0.05, 0) is 44.1 Å². The maximum atomic E-state index is 12.8. The van der Waals surface area contributed by atoms with Gasteiger partial charge in [0.1, 0.15) is 5.78 Å². The van der Waals surface area contributed by atoms with E-state index in [-0.39, 0.29) is 28.6 Å². The van der Waals surface area contributed by atoms with Crippen molar-refractivity contribution in [2.75, 3.05) is 0 Å². The van der Waals surface area contributed by atoms with E-state index < -0.39 is 0 Å². The number of Topliss-reactive ketones (excluding diaryl/α,β-unsaturated/α-hetero) is 1. The van der Waals surface area contributed by atoms with E-state index in [0.29, 0.717) is 11.6 Å². The van der Waals surface area contributed by atoms with Crippen LogP contribution in [0.15, 0.2) is 24.3 Å². The molecule has 1 fully saturated rings. The van der Waals surface area contributed by atoms with Gasteiger partial charge in [-0.25, -0.2) is 0 Å². The molecule has 0 saturated heterocycles. The molecule has 0 radical (unpaired) electrons. The van der Waals surface area contributed by atoms with Gasteiger partial charge in [-0.15, -0.1) is 0 Å². The van der Waals surface area contributed by atoms with Gasteiger partial charge in [0.2, 0.25) is 0 Å². The van der Waals surface area contributed by atoms with E-state index >= 15 is 0 Å². The molecule has 5 heteroatoms. The Morgan fingerprint density at radius 2 is 1.62 bits per heavy atom. The Balaban J connectivity index is 0.000000451. The predicted molar refractivity (Wildman–Crippen MR) is 133 cm³/mol. The van der Waals surface area contributed by atoms with Gasteiger partial charge in [0.15, 0.2) is 5.69 Å². The maximum absolute atomic E-state index is 12.8. The summed E-state index contributed by atoms with van der Waals surface area (Å²) in [6.07, 6.45) is 6.54. The lowest BCUT2D eigenvalue weighted by molar-refractivity contribution is -0.124. The Hall–Kier alpha value is -2.17. The van der Waals surface area contributed by atoms with Crippen LogP contribution in [0, 0.1) is 16.7 Å². The van der Waals surface area contributed by atoms with Gasteiger partial charge in [0, 0.05) is 23.4 Å². The third-order valence-electron chi connectivity index (χ3n) is 6.73. The van der Waals surface area contributed by atoms with Crippen molar-refractivity contribution in [3.8, 4) is 0 Å². The minimum absolute atomic E-state index is 0.0239. The number of amides is 1. The molecular formula is C27H43N3O2. The number of carbonyl (C=O) groups is 2. The van der Waals surface area contributed by atoms with Gasteiger partial charge >= 0.3 is 0 Å². The van der Waals surface area contributed by atoms with Crippen LogP contribution in [0.25, 0.3) is 10.9 Å². The summed E-state index contributed by atoms with van der Waals surface area (Å²) in [6.45, 7) is 16.7. The molecule has 32 heavy (non-hydrogen) atoms. The fraction of sp³-hybridized carbons (Fsp3) is 0.667. The number of nitrogens with zero attached hydrogens (tertiary/aromatic N) is 2. The summed E-state index contributed by atoms with van der Waals surface area (Å²) in [5.41, 5.74) is 1.51. The van der Waals surface area contributed by atoms with Crippen molar-refractivity contribution in [2.45, 2.75) is 100 Å². The molecule has 1 aromatic heterocycles. The van der Waals surface area contributed by atoms with E-state index in [4.69, 9.17) is 5.10 Å². The molecule has 2 aromatic rings. The second kappa shape index (κ2) is 10.6. The molecule has 0 aliphatic heterocycles. The second-order valence-corrected chi connectivity index (χ2v) is 11.4. The number of benzene rings is 1.